The molecule has 0 aromatic heterocycles. The molecule has 0 aliphatic heterocycles. The number of hydrogen-bond donors (Lipinski definition) is 1. The number of esters is 1. The molecule has 0 unspecified atom stereocenters. The molecule has 0 bridgehead atoms. The molecule has 1 rings (SSSR count). The molecule has 1 aromatic rings. The SMILES string of the molecule is C=CC[C@H](/C=C(Br)/C=C/CCCO)OC(=O)c1ccccc1. The van der Waals surface area contributed by atoms with Gasteiger partial charge in [-0.3, -0.25) is 0 Å². The highest BCUT2D eigenvalue weighted by Gasteiger charge is 2.12. The molecule has 118 valence electrons. The van der Waals surface area contributed by atoms with Crippen LogP contribution < -0.4 is 0 Å². The fourth-order valence-corrected chi connectivity index (χ4v) is 2.21. The normalized spacial score (nSPS) is 13.1. The lowest BCUT2D eigenvalue weighted by atomic mass is 10.2. The van der Waals surface area contributed by atoms with Gasteiger partial charge in [-0.25, -0.2) is 4.79 Å². The molecule has 1 aromatic carbocycles. The van der Waals surface area contributed by atoms with E-state index >= 15 is 0 Å². The average molecular weight is 365 g/mol. The zero-order valence-corrected chi connectivity index (χ0v) is 14.0. The van der Waals surface area contributed by atoms with E-state index in [0.29, 0.717) is 12.0 Å². The highest BCUT2D eigenvalue weighted by Crippen LogP contribution is 2.15. The molecule has 0 aliphatic rings. The van der Waals surface area contributed by atoms with Crippen molar-refractivity contribution in [3.8, 4) is 0 Å². The summed E-state index contributed by atoms with van der Waals surface area (Å²) in [5.41, 5.74) is 0.527. The van der Waals surface area contributed by atoms with Gasteiger partial charge in [0.2, 0.25) is 0 Å². The Bertz CT molecular complexity index is 520. The minimum Gasteiger partial charge on any atom is -0.454 e. The summed E-state index contributed by atoms with van der Waals surface area (Å²) >= 11 is 3.43. The maximum absolute atomic E-state index is 12.1. The number of carbonyl (C=O) groups excluding carboxylic acids is 1. The third kappa shape index (κ3) is 7.38. The van der Waals surface area contributed by atoms with Crippen LogP contribution in [-0.4, -0.2) is 23.8 Å². The summed E-state index contributed by atoms with van der Waals surface area (Å²) in [4.78, 5) is 12.1. The number of aliphatic hydroxyl groups excluding tert-OH is 1. The fraction of sp³-hybridized carbons (Fsp3) is 0.278. The number of ether oxygens (including phenoxy) is 1. The molecule has 3 nitrogen and oxygen atoms in total. The van der Waals surface area contributed by atoms with Gasteiger partial charge in [0.25, 0.3) is 0 Å². The molecular weight excluding hydrogens is 344 g/mol. The van der Waals surface area contributed by atoms with E-state index in [9.17, 15) is 4.79 Å². The number of unbranched alkanes of at least 4 members (excludes halogenated alkanes) is 1. The molecule has 1 atom stereocenters. The Hall–Kier alpha value is -1.65. The van der Waals surface area contributed by atoms with Crippen molar-refractivity contribution in [2.24, 2.45) is 0 Å². The van der Waals surface area contributed by atoms with E-state index in [1.165, 1.54) is 0 Å². The van der Waals surface area contributed by atoms with Gasteiger partial charge < -0.3 is 9.84 Å². The zero-order valence-electron chi connectivity index (χ0n) is 12.5. The molecule has 1 N–H and O–H groups in total. The van der Waals surface area contributed by atoms with Gasteiger partial charge in [0.05, 0.1) is 5.56 Å². The van der Waals surface area contributed by atoms with E-state index in [4.69, 9.17) is 9.84 Å². The first-order valence-electron chi connectivity index (χ1n) is 7.19. The predicted octanol–water partition coefficient (Wildman–Crippen LogP) is 4.40. The van der Waals surface area contributed by atoms with Gasteiger partial charge in [-0.05, 0) is 31.1 Å². The summed E-state index contributed by atoms with van der Waals surface area (Å²) in [6, 6.07) is 8.90. The van der Waals surface area contributed by atoms with Gasteiger partial charge in [0.1, 0.15) is 6.10 Å². The zero-order chi connectivity index (χ0) is 16.2. The van der Waals surface area contributed by atoms with Crippen LogP contribution in [0.2, 0.25) is 0 Å². The molecule has 4 heteroatoms. The number of halogens is 1. The van der Waals surface area contributed by atoms with Gasteiger partial charge in [0.15, 0.2) is 0 Å². The Balaban J connectivity index is 2.66. The van der Waals surface area contributed by atoms with Crippen molar-refractivity contribution in [2.75, 3.05) is 6.61 Å². The minimum absolute atomic E-state index is 0.180. The summed E-state index contributed by atoms with van der Waals surface area (Å²) in [5, 5.41) is 8.73. The van der Waals surface area contributed by atoms with E-state index in [-0.39, 0.29) is 18.7 Å². The topological polar surface area (TPSA) is 46.5 Å². The maximum atomic E-state index is 12.1. The highest BCUT2D eigenvalue weighted by atomic mass is 79.9. The van der Waals surface area contributed by atoms with Gasteiger partial charge in [-0.1, -0.05) is 52.4 Å². The molecule has 0 saturated heterocycles. The largest absolute Gasteiger partial charge is 0.454 e. The Morgan fingerprint density at radius 1 is 1.36 bits per heavy atom. The fourth-order valence-electron chi connectivity index (χ4n) is 1.73. The standard InChI is InChI=1S/C18H21BrO3/c1-2-9-17(14-16(19)12-7-4-8-13-20)22-18(21)15-10-5-3-6-11-15/h2-3,5-7,10-12,14,17,20H,1,4,8-9,13H2/b12-7+,16-14-/t17-/m1/s1. The van der Waals surface area contributed by atoms with Crippen LogP contribution in [0.5, 0.6) is 0 Å². The summed E-state index contributed by atoms with van der Waals surface area (Å²) in [6.07, 6.45) is 9.10. The van der Waals surface area contributed by atoms with E-state index in [1.54, 1.807) is 30.3 Å². The first-order valence-corrected chi connectivity index (χ1v) is 7.98. The van der Waals surface area contributed by atoms with Crippen molar-refractivity contribution in [1.29, 1.82) is 0 Å². The summed E-state index contributed by atoms with van der Waals surface area (Å²) in [6.45, 7) is 3.87. The number of benzene rings is 1. The lowest BCUT2D eigenvalue weighted by Gasteiger charge is -2.13. The summed E-state index contributed by atoms with van der Waals surface area (Å²) in [7, 11) is 0. The van der Waals surface area contributed by atoms with Crippen LogP contribution in [0.25, 0.3) is 0 Å². The van der Waals surface area contributed by atoms with E-state index in [2.05, 4.69) is 22.5 Å². The summed E-state index contributed by atoms with van der Waals surface area (Å²) in [5.74, 6) is -0.353. The lowest BCUT2D eigenvalue weighted by Crippen LogP contribution is -2.15. The monoisotopic (exact) mass is 364 g/mol. The summed E-state index contributed by atoms with van der Waals surface area (Å²) < 4.78 is 6.32. The van der Waals surface area contributed by atoms with Gasteiger partial charge >= 0.3 is 5.97 Å². The molecule has 0 fully saturated rings. The third-order valence-corrected chi connectivity index (χ3v) is 3.35. The Kier molecular flexibility index (Phi) is 9.19. The Morgan fingerprint density at radius 2 is 2.09 bits per heavy atom. The molecule has 22 heavy (non-hydrogen) atoms. The van der Waals surface area contributed by atoms with Crippen LogP contribution >= 0.6 is 15.9 Å². The van der Waals surface area contributed by atoms with Crippen LogP contribution in [0.15, 0.2) is 65.7 Å². The van der Waals surface area contributed by atoms with Crippen LogP contribution in [0.3, 0.4) is 0 Å². The first kappa shape index (κ1) is 18.4. The lowest BCUT2D eigenvalue weighted by molar-refractivity contribution is 0.0399. The van der Waals surface area contributed by atoms with Gasteiger partial charge in [0, 0.05) is 17.5 Å². The average Bonchev–Trinajstić information content (AvgIpc) is 2.52. The van der Waals surface area contributed by atoms with Gasteiger partial charge in [-0.15, -0.1) is 6.58 Å². The molecule has 0 radical (unpaired) electrons. The second kappa shape index (κ2) is 11.0. The molecule has 0 amide bonds. The van der Waals surface area contributed by atoms with Crippen molar-refractivity contribution in [1.82, 2.24) is 0 Å². The minimum atomic E-state index is -0.373. The first-order chi connectivity index (χ1) is 10.7. The molecule has 0 saturated carbocycles. The van der Waals surface area contributed by atoms with Crippen molar-refractivity contribution in [3.05, 3.63) is 71.3 Å². The van der Waals surface area contributed by atoms with E-state index in [0.717, 1.165) is 17.3 Å². The molecule has 0 spiro atoms. The van der Waals surface area contributed by atoms with Crippen LogP contribution in [0, 0.1) is 0 Å². The Morgan fingerprint density at radius 3 is 2.73 bits per heavy atom. The van der Waals surface area contributed by atoms with E-state index in [1.807, 2.05) is 24.3 Å². The van der Waals surface area contributed by atoms with Crippen LogP contribution in [0.1, 0.15) is 29.6 Å². The number of hydrogen-bond acceptors (Lipinski definition) is 3. The van der Waals surface area contributed by atoms with E-state index < -0.39 is 0 Å². The van der Waals surface area contributed by atoms with Crippen molar-refractivity contribution in [3.63, 3.8) is 0 Å². The van der Waals surface area contributed by atoms with Gasteiger partial charge in [-0.2, -0.15) is 0 Å². The van der Waals surface area contributed by atoms with Crippen molar-refractivity contribution >= 4 is 21.9 Å². The van der Waals surface area contributed by atoms with Crippen molar-refractivity contribution in [2.45, 2.75) is 25.4 Å². The van der Waals surface area contributed by atoms with Crippen LogP contribution in [-0.2, 0) is 4.74 Å². The molecular formula is C18H21BrO3. The second-order valence-corrected chi connectivity index (χ2v) is 5.57. The number of allylic oxidation sites excluding steroid dienone is 3. The highest BCUT2D eigenvalue weighted by molar-refractivity contribution is 9.11. The quantitative estimate of drug-likeness (QED) is 0.305. The molecule has 0 aliphatic carbocycles. The number of aliphatic hydroxyl groups is 1. The van der Waals surface area contributed by atoms with Crippen LogP contribution in [0.4, 0.5) is 0 Å². The number of rotatable bonds is 9. The predicted molar refractivity (Wildman–Crippen MR) is 92.9 cm³/mol. The molecule has 0 heterocycles. The maximum Gasteiger partial charge on any atom is 0.338 e. The van der Waals surface area contributed by atoms with Crippen molar-refractivity contribution < 1.29 is 14.6 Å². The number of carbonyl (C=O) groups is 1. The smallest absolute Gasteiger partial charge is 0.338 e. The second-order valence-electron chi connectivity index (χ2n) is 4.65. The Labute approximate surface area is 140 Å². The third-order valence-electron chi connectivity index (χ3n) is 2.82.